The van der Waals surface area contributed by atoms with E-state index in [2.05, 4.69) is 10.6 Å². The summed E-state index contributed by atoms with van der Waals surface area (Å²) in [6.07, 6.45) is 4.47. The van der Waals surface area contributed by atoms with Gasteiger partial charge in [0.2, 0.25) is 0 Å². The summed E-state index contributed by atoms with van der Waals surface area (Å²) >= 11 is 5.82. The zero-order valence-corrected chi connectivity index (χ0v) is 14.8. The standard InChI is InChI=1S/C18H23ClN2O4/c19-14-5-3-13(4-6-14)7-10-20-16(22)17(23)21-11-15-12-24-18(25-15)8-1-2-9-18/h3-6,15H,1-2,7-12H2,(H,20,22)(H,21,23). The van der Waals surface area contributed by atoms with Crippen molar-refractivity contribution in [2.24, 2.45) is 0 Å². The van der Waals surface area contributed by atoms with E-state index in [1.165, 1.54) is 0 Å². The van der Waals surface area contributed by atoms with Crippen LogP contribution in [0.4, 0.5) is 0 Å². The maximum Gasteiger partial charge on any atom is 0.309 e. The molecule has 2 aliphatic rings. The molecular weight excluding hydrogens is 344 g/mol. The Bertz CT molecular complexity index is 614. The first-order chi connectivity index (χ1) is 12.1. The van der Waals surface area contributed by atoms with E-state index in [9.17, 15) is 9.59 Å². The van der Waals surface area contributed by atoms with E-state index in [4.69, 9.17) is 21.1 Å². The molecule has 1 aliphatic heterocycles. The molecule has 1 heterocycles. The van der Waals surface area contributed by atoms with E-state index in [0.29, 0.717) is 24.6 Å². The van der Waals surface area contributed by atoms with Gasteiger partial charge in [-0.05, 0) is 37.0 Å². The SMILES string of the molecule is O=C(NCCc1ccc(Cl)cc1)C(=O)NCC1COC2(CCCC2)O1. The molecule has 1 spiro atoms. The molecule has 0 aromatic heterocycles. The Morgan fingerprint density at radius 3 is 2.52 bits per heavy atom. The highest BCUT2D eigenvalue weighted by atomic mass is 35.5. The Morgan fingerprint density at radius 1 is 1.12 bits per heavy atom. The van der Waals surface area contributed by atoms with Gasteiger partial charge < -0.3 is 20.1 Å². The largest absolute Gasteiger partial charge is 0.348 e. The van der Waals surface area contributed by atoms with Gasteiger partial charge in [-0.3, -0.25) is 9.59 Å². The normalized spacial score (nSPS) is 21.4. The Balaban J connectivity index is 1.34. The zero-order valence-electron chi connectivity index (χ0n) is 14.1. The molecule has 1 aromatic carbocycles. The van der Waals surface area contributed by atoms with E-state index in [-0.39, 0.29) is 12.6 Å². The average molecular weight is 367 g/mol. The van der Waals surface area contributed by atoms with Gasteiger partial charge >= 0.3 is 11.8 Å². The van der Waals surface area contributed by atoms with Crippen LogP contribution >= 0.6 is 11.6 Å². The fraction of sp³-hybridized carbons (Fsp3) is 0.556. The fourth-order valence-electron chi connectivity index (χ4n) is 3.23. The summed E-state index contributed by atoms with van der Waals surface area (Å²) in [5, 5.41) is 5.90. The molecule has 1 atom stereocenters. The van der Waals surface area contributed by atoms with Gasteiger partial charge in [0.1, 0.15) is 6.10 Å². The molecule has 2 fully saturated rings. The molecule has 2 N–H and O–H groups in total. The van der Waals surface area contributed by atoms with Gasteiger partial charge in [0.05, 0.1) is 6.61 Å². The highest BCUT2D eigenvalue weighted by Crippen LogP contribution is 2.38. The van der Waals surface area contributed by atoms with Gasteiger partial charge in [-0.1, -0.05) is 23.7 Å². The number of halogens is 1. The molecule has 0 bridgehead atoms. The Hall–Kier alpha value is -1.63. The van der Waals surface area contributed by atoms with Gasteiger partial charge in [-0.25, -0.2) is 0 Å². The molecule has 1 unspecified atom stereocenters. The first-order valence-corrected chi connectivity index (χ1v) is 9.06. The highest BCUT2D eigenvalue weighted by molar-refractivity contribution is 6.35. The van der Waals surface area contributed by atoms with Crippen molar-refractivity contribution in [1.29, 1.82) is 0 Å². The third kappa shape index (κ3) is 4.93. The lowest BCUT2D eigenvalue weighted by atomic mass is 10.1. The van der Waals surface area contributed by atoms with E-state index in [1.54, 1.807) is 12.1 Å². The third-order valence-electron chi connectivity index (χ3n) is 4.59. The van der Waals surface area contributed by atoms with E-state index < -0.39 is 17.6 Å². The van der Waals surface area contributed by atoms with Crippen LogP contribution in [-0.4, -0.2) is 43.4 Å². The zero-order chi connectivity index (χ0) is 17.7. The number of carbonyl (C=O) groups excluding carboxylic acids is 2. The van der Waals surface area contributed by atoms with Crippen molar-refractivity contribution in [1.82, 2.24) is 10.6 Å². The molecule has 25 heavy (non-hydrogen) atoms. The summed E-state index contributed by atoms with van der Waals surface area (Å²) in [5.41, 5.74) is 1.04. The van der Waals surface area contributed by atoms with Gasteiger partial charge in [0.25, 0.3) is 0 Å². The van der Waals surface area contributed by atoms with Crippen LogP contribution in [0.15, 0.2) is 24.3 Å². The summed E-state index contributed by atoms with van der Waals surface area (Å²) in [4.78, 5) is 23.7. The maximum atomic E-state index is 11.9. The average Bonchev–Trinajstić information content (AvgIpc) is 3.24. The second-order valence-corrected chi connectivity index (χ2v) is 6.95. The minimum Gasteiger partial charge on any atom is -0.348 e. The predicted octanol–water partition coefficient (Wildman–Crippen LogP) is 1.80. The number of ether oxygens (including phenoxy) is 2. The minimum atomic E-state index is -0.646. The number of hydrogen-bond acceptors (Lipinski definition) is 4. The first kappa shape index (κ1) is 18.2. The second-order valence-electron chi connectivity index (χ2n) is 6.51. The van der Waals surface area contributed by atoms with Crippen molar-refractivity contribution in [3.8, 4) is 0 Å². The number of nitrogens with one attached hydrogen (secondary N) is 2. The Kier molecular flexibility index (Phi) is 5.93. The number of hydrogen-bond donors (Lipinski definition) is 2. The van der Waals surface area contributed by atoms with Crippen LogP contribution < -0.4 is 10.6 Å². The topological polar surface area (TPSA) is 76.7 Å². The summed E-state index contributed by atoms with van der Waals surface area (Å²) in [7, 11) is 0. The van der Waals surface area contributed by atoms with Crippen molar-refractivity contribution in [2.45, 2.75) is 44.0 Å². The van der Waals surface area contributed by atoms with Crippen molar-refractivity contribution in [3.63, 3.8) is 0 Å². The Labute approximate surface area is 152 Å². The molecule has 1 saturated heterocycles. The molecule has 2 amide bonds. The van der Waals surface area contributed by atoms with Crippen molar-refractivity contribution >= 4 is 23.4 Å². The molecule has 7 heteroatoms. The van der Waals surface area contributed by atoms with Gasteiger partial charge in [0.15, 0.2) is 5.79 Å². The molecule has 0 radical (unpaired) electrons. The van der Waals surface area contributed by atoms with Crippen LogP contribution in [0.1, 0.15) is 31.2 Å². The number of amides is 2. The van der Waals surface area contributed by atoms with Gasteiger partial charge in [-0.2, -0.15) is 0 Å². The molecule has 6 nitrogen and oxygen atoms in total. The third-order valence-corrected chi connectivity index (χ3v) is 4.84. The lowest BCUT2D eigenvalue weighted by molar-refractivity contribution is -0.161. The van der Waals surface area contributed by atoms with Crippen LogP contribution in [0.2, 0.25) is 5.02 Å². The van der Waals surface area contributed by atoms with Gasteiger partial charge in [0, 0.05) is 31.0 Å². The van der Waals surface area contributed by atoms with Crippen molar-refractivity contribution in [3.05, 3.63) is 34.9 Å². The molecule has 3 rings (SSSR count). The van der Waals surface area contributed by atoms with E-state index in [0.717, 1.165) is 31.2 Å². The molecule has 1 saturated carbocycles. The maximum absolute atomic E-state index is 11.9. The minimum absolute atomic E-state index is 0.191. The van der Waals surface area contributed by atoms with Crippen molar-refractivity contribution < 1.29 is 19.1 Å². The second kappa shape index (κ2) is 8.17. The fourth-order valence-corrected chi connectivity index (χ4v) is 3.36. The Morgan fingerprint density at radius 2 is 1.80 bits per heavy atom. The monoisotopic (exact) mass is 366 g/mol. The summed E-state index contributed by atoms with van der Waals surface area (Å²) < 4.78 is 11.7. The van der Waals surface area contributed by atoms with E-state index >= 15 is 0 Å². The summed E-state index contributed by atoms with van der Waals surface area (Å²) in [5.74, 6) is -1.73. The molecule has 136 valence electrons. The highest BCUT2D eigenvalue weighted by Gasteiger charge is 2.43. The van der Waals surface area contributed by atoms with E-state index in [1.807, 2.05) is 12.1 Å². The van der Waals surface area contributed by atoms with Crippen molar-refractivity contribution in [2.75, 3.05) is 19.7 Å². The molecule has 1 aliphatic carbocycles. The molecule has 1 aromatic rings. The predicted molar refractivity (Wildman–Crippen MR) is 93.2 cm³/mol. The van der Waals surface area contributed by atoms with Crippen LogP contribution in [-0.2, 0) is 25.5 Å². The lowest BCUT2D eigenvalue weighted by Gasteiger charge is -2.21. The smallest absolute Gasteiger partial charge is 0.309 e. The van der Waals surface area contributed by atoms with Crippen LogP contribution in [0.3, 0.4) is 0 Å². The summed E-state index contributed by atoms with van der Waals surface area (Å²) in [6.45, 7) is 1.13. The first-order valence-electron chi connectivity index (χ1n) is 8.69. The summed E-state index contributed by atoms with van der Waals surface area (Å²) in [6, 6.07) is 7.38. The number of benzene rings is 1. The number of carbonyl (C=O) groups is 2. The van der Waals surface area contributed by atoms with Crippen LogP contribution in [0.5, 0.6) is 0 Å². The lowest BCUT2D eigenvalue weighted by Crippen LogP contribution is -2.44. The van der Waals surface area contributed by atoms with Crippen LogP contribution in [0, 0.1) is 0 Å². The van der Waals surface area contributed by atoms with Gasteiger partial charge in [-0.15, -0.1) is 0 Å². The quantitative estimate of drug-likeness (QED) is 0.779. The number of rotatable bonds is 5. The van der Waals surface area contributed by atoms with Crippen LogP contribution in [0.25, 0.3) is 0 Å². The molecular formula is C18H23ClN2O4.